The van der Waals surface area contributed by atoms with Crippen molar-refractivity contribution in [2.24, 2.45) is 0 Å². The van der Waals surface area contributed by atoms with Crippen LogP contribution in [0.5, 0.6) is 0 Å². The molecule has 2 N–H and O–H groups in total. The molecule has 1 aromatic rings. The molecule has 0 spiro atoms. The Balaban J connectivity index is 2.54. The molecule has 94 valence electrons. The fraction of sp³-hybridized carbons (Fsp3) is 0.500. The van der Waals surface area contributed by atoms with Crippen LogP contribution in [-0.2, 0) is 11.2 Å². The Bertz CT molecular complexity index is 363. The molecule has 3 nitrogen and oxygen atoms in total. The zero-order valence-corrected chi connectivity index (χ0v) is 10.9. The zero-order valence-electron chi connectivity index (χ0n) is 10.9. The second-order valence-electron chi connectivity index (χ2n) is 4.21. The Kier molecular flexibility index (Phi) is 5.53. The predicted octanol–water partition coefficient (Wildman–Crippen LogP) is 2.58. The molecule has 1 rings (SSSR count). The summed E-state index contributed by atoms with van der Waals surface area (Å²) in [7, 11) is 0. The lowest BCUT2D eigenvalue weighted by atomic mass is 10.1. The monoisotopic (exact) mass is 234 g/mol. The highest BCUT2D eigenvalue weighted by atomic mass is 16.2. The minimum Gasteiger partial charge on any atom is -0.374 e. The smallest absolute Gasteiger partial charge is 0.242 e. The van der Waals surface area contributed by atoms with E-state index >= 15 is 0 Å². The summed E-state index contributed by atoms with van der Waals surface area (Å²) in [6, 6.07) is 7.98. The fourth-order valence-electron chi connectivity index (χ4n) is 1.60. The highest BCUT2D eigenvalue weighted by Gasteiger charge is 2.11. The van der Waals surface area contributed by atoms with Crippen LogP contribution in [0.4, 0.5) is 5.69 Å². The van der Waals surface area contributed by atoms with E-state index in [4.69, 9.17) is 0 Å². The highest BCUT2D eigenvalue weighted by molar-refractivity contribution is 5.84. The van der Waals surface area contributed by atoms with Crippen molar-refractivity contribution in [3.8, 4) is 0 Å². The summed E-state index contributed by atoms with van der Waals surface area (Å²) in [6.45, 7) is 6.78. The van der Waals surface area contributed by atoms with Crippen LogP contribution in [0.1, 0.15) is 32.8 Å². The molecule has 0 aliphatic carbocycles. The van der Waals surface area contributed by atoms with Gasteiger partial charge in [-0.15, -0.1) is 0 Å². The van der Waals surface area contributed by atoms with Gasteiger partial charge in [0.25, 0.3) is 0 Å². The van der Waals surface area contributed by atoms with Crippen LogP contribution < -0.4 is 10.6 Å². The molecule has 0 fully saturated rings. The van der Waals surface area contributed by atoms with Gasteiger partial charge in [-0.2, -0.15) is 0 Å². The maximum absolute atomic E-state index is 11.7. The number of amides is 1. The predicted molar refractivity (Wildman–Crippen MR) is 72.2 cm³/mol. The Labute approximate surface area is 104 Å². The van der Waals surface area contributed by atoms with Gasteiger partial charge in [-0.05, 0) is 37.5 Å². The molecule has 0 aliphatic rings. The average molecular weight is 234 g/mol. The molecular formula is C14H22N2O. The third-order valence-corrected chi connectivity index (χ3v) is 2.66. The molecule has 0 saturated carbocycles. The van der Waals surface area contributed by atoms with E-state index in [9.17, 15) is 4.79 Å². The first kappa shape index (κ1) is 13.6. The molecule has 17 heavy (non-hydrogen) atoms. The van der Waals surface area contributed by atoms with Crippen molar-refractivity contribution < 1.29 is 4.79 Å². The summed E-state index contributed by atoms with van der Waals surface area (Å²) >= 11 is 0. The molecule has 3 heteroatoms. The van der Waals surface area contributed by atoms with Gasteiger partial charge in [-0.3, -0.25) is 4.79 Å². The van der Waals surface area contributed by atoms with Crippen LogP contribution in [0.25, 0.3) is 0 Å². The molecule has 0 heterocycles. The summed E-state index contributed by atoms with van der Waals surface area (Å²) in [6.07, 6.45) is 1.97. The van der Waals surface area contributed by atoms with Crippen molar-refractivity contribution in [1.82, 2.24) is 5.32 Å². The third-order valence-electron chi connectivity index (χ3n) is 2.66. The Hall–Kier alpha value is -1.51. The second kappa shape index (κ2) is 6.94. The van der Waals surface area contributed by atoms with Crippen molar-refractivity contribution in [1.29, 1.82) is 0 Å². The van der Waals surface area contributed by atoms with E-state index < -0.39 is 0 Å². The first-order valence-electron chi connectivity index (χ1n) is 6.30. The minimum atomic E-state index is -0.200. The Morgan fingerprint density at radius 2 is 2.12 bits per heavy atom. The molecular weight excluding hydrogens is 212 g/mol. The van der Waals surface area contributed by atoms with Gasteiger partial charge in [0.1, 0.15) is 6.04 Å². The number of carbonyl (C=O) groups excluding carboxylic acids is 1. The summed E-state index contributed by atoms with van der Waals surface area (Å²) < 4.78 is 0. The molecule has 0 aromatic heterocycles. The number of nitrogens with one attached hydrogen (secondary N) is 2. The lowest BCUT2D eigenvalue weighted by Gasteiger charge is -2.15. The summed E-state index contributed by atoms with van der Waals surface area (Å²) in [5.74, 6) is 0.0498. The van der Waals surface area contributed by atoms with Crippen molar-refractivity contribution in [2.45, 2.75) is 39.7 Å². The van der Waals surface area contributed by atoms with E-state index in [1.165, 1.54) is 5.56 Å². The van der Waals surface area contributed by atoms with E-state index in [1.54, 1.807) is 0 Å². The number of hydrogen-bond donors (Lipinski definition) is 2. The molecule has 1 aromatic carbocycles. The van der Waals surface area contributed by atoms with E-state index in [0.29, 0.717) is 0 Å². The van der Waals surface area contributed by atoms with Crippen LogP contribution in [0, 0.1) is 0 Å². The second-order valence-corrected chi connectivity index (χ2v) is 4.21. The first-order valence-corrected chi connectivity index (χ1v) is 6.30. The number of carbonyl (C=O) groups is 1. The molecule has 1 unspecified atom stereocenters. The maximum atomic E-state index is 11.7. The van der Waals surface area contributed by atoms with Gasteiger partial charge in [0.05, 0.1) is 0 Å². The van der Waals surface area contributed by atoms with Gasteiger partial charge < -0.3 is 10.6 Å². The number of rotatable bonds is 6. The lowest BCUT2D eigenvalue weighted by Crippen LogP contribution is -2.37. The van der Waals surface area contributed by atoms with Gasteiger partial charge >= 0.3 is 0 Å². The molecule has 0 aliphatic heterocycles. The van der Waals surface area contributed by atoms with Gasteiger partial charge in [-0.1, -0.05) is 26.0 Å². The minimum absolute atomic E-state index is 0.0498. The van der Waals surface area contributed by atoms with Crippen molar-refractivity contribution >= 4 is 11.6 Å². The van der Waals surface area contributed by atoms with Crippen LogP contribution in [-0.4, -0.2) is 18.5 Å². The maximum Gasteiger partial charge on any atom is 0.242 e. The normalized spacial score (nSPS) is 11.9. The van der Waals surface area contributed by atoms with Gasteiger partial charge in [0.15, 0.2) is 0 Å². The molecule has 0 radical (unpaired) electrons. The van der Waals surface area contributed by atoms with Crippen LogP contribution in [0.2, 0.25) is 0 Å². The van der Waals surface area contributed by atoms with Crippen molar-refractivity contribution in [3.05, 3.63) is 29.8 Å². The van der Waals surface area contributed by atoms with Crippen LogP contribution in [0.3, 0.4) is 0 Å². The summed E-state index contributed by atoms with van der Waals surface area (Å²) in [5.41, 5.74) is 2.28. The standard InChI is InChI=1S/C14H22N2O/c1-4-9-15-14(17)11(3)16-13-8-6-7-12(5-2)10-13/h6-8,10-11,16H,4-5,9H2,1-3H3,(H,15,17). The van der Waals surface area contributed by atoms with Gasteiger partial charge in [0, 0.05) is 12.2 Å². The third kappa shape index (κ3) is 4.47. The Morgan fingerprint density at radius 3 is 2.76 bits per heavy atom. The number of hydrogen-bond acceptors (Lipinski definition) is 2. The first-order chi connectivity index (χ1) is 8.17. The topological polar surface area (TPSA) is 41.1 Å². The fourth-order valence-corrected chi connectivity index (χ4v) is 1.60. The SMILES string of the molecule is CCCNC(=O)C(C)Nc1cccc(CC)c1. The number of aryl methyl sites for hydroxylation is 1. The molecule has 0 bridgehead atoms. The number of anilines is 1. The van der Waals surface area contributed by atoms with Crippen molar-refractivity contribution in [2.75, 3.05) is 11.9 Å². The van der Waals surface area contributed by atoms with E-state index in [1.807, 2.05) is 26.0 Å². The zero-order chi connectivity index (χ0) is 12.7. The summed E-state index contributed by atoms with van der Waals surface area (Å²) in [5, 5.41) is 6.09. The summed E-state index contributed by atoms with van der Waals surface area (Å²) in [4.78, 5) is 11.7. The van der Waals surface area contributed by atoms with Crippen LogP contribution >= 0.6 is 0 Å². The van der Waals surface area contributed by atoms with E-state index in [2.05, 4.69) is 29.7 Å². The number of benzene rings is 1. The quantitative estimate of drug-likeness (QED) is 0.794. The molecule has 1 atom stereocenters. The average Bonchev–Trinajstić information content (AvgIpc) is 2.36. The largest absolute Gasteiger partial charge is 0.374 e. The van der Waals surface area contributed by atoms with Crippen molar-refractivity contribution in [3.63, 3.8) is 0 Å². The van der Waals surface area contributed by atoms with E-state index in [0.717, 1.165) is 25.1 Å². The molecule has 1 amide bonds. The lowest BCUT2D eigenvalue weighted by molar-refractivity contribution is -0.121. The Morgan fingerprint density at radius 1 is 1.35 bits per heavy atom. The highest BCUT2D eigenvalue weighted by Crippen LogP contribution is 2.12. The van der Waals surface area contributed by atoms with Gasteiger partial charge in [0.2, 0.25) is 5.91 Å². The van der Waals surface area contributed by atoms with Crippen LogP contribution in [0.15, 0.2) is 24.3 Å². The van der Waals surface area contributed by atoms with E-state index in [-0.39, 0.29) is 11.9 Å². The van der Waals surface area contributed by atoms with Gasteiger partial charge in [-0.25, -0.2) is 0 Å². The molecule has 0 saturated heterocycles.